The Morgan fingerprint density at radius 1 is 1.14 bits per heavy atom. The van der Waals surface area contributed by atoms with E-state index in [9.17, 15) is 9.90 Å². The number of fused-ring (bicyclic) bond motifs is 1. The van der Waals surface area contributed by atoms with Gasteiger partial charge in [-0.05, 0) is 66.9 Å². The second-order valence-corrected chi connectivity index (χ2v) is 5.64. The minimum Gasteiger partial charge on any atom is -0.507 e. The number of nitrogens with one attached hydrogen (secondary N) is 1. The Balaban J connectivity index is 2.13. The number of amides is 1. The van der Waals surface area contributed by atoms with E-state index in [-0.39, 0.29) is 11.7 Å². The lowest BCUT2D eigenvalue weighted by Gasteiger charge is -2.06. The number of aromatic hydroxyl groups is 1. The van der Waals surface area contributed by atoms with Crippen LogP contribution in [0.5, 0.6) is 5.75 Å². The van der Waals surface area contributed by atoms with Crippen LogP contribution in [0.25, 0.3) is 11.6 Å². The molecule has 0 saturated heterocycles. The van der Waals surface area contributed by atoms with E-state index in [1.165, 1.54) is 0 Å². The van der Waals surface area contributed by atoms with Gasteiger partial charge in [-0.3, -0.25) is 4.79 Å². The molecule has 3 rings (SSSR count). The number of hydrogen-bond acceptors (Lipinski definition) is 2. The van der Waals surface area contributed by atoms with Crippen molar-refractivity contribution in [3.63, 3.8) is 0 Å². The van der Waals surface area contributed by atoms with Crippen molar-refractivity contribution in [2.24, 2.45) is 0 Å². The molecule has 0 bridgehead atoms. The van der Waals surface area contributed by atoms with Gasteiger partial charge in [-0.15, -0.1) is 0 Å². The summed E-state index contributed by atoms with van der Waals surface area (Å²) in [5.74, 6) is 0.145. The van der Waals surface area contributed by atoms with Crippen LogP contribution in [0.1, 0.15) is 22.3 Å². The maximum Gasteiger partial charge on any atom is 0.256 e. The zero-order valence-corrected chi connectivity index (χ0v) is 12.5. The smallest absolute Gasteiger partial charge is 0.256 e. The molecule has 0 atom stereocenters. The first-order valence-electron chi connectivity index (χ1n) is 6.59. The molecule has 106 valence electrons. The van der Waals surface area contributed by atoms with Crippen molar-refractivity contribution < 1.29 is 9.90 Å². The Labute approximate surface area is 127 Å². The van der Waals surface area contributed by atoms with E-state index >= 15 is 0 Å². The van der Waals surface area contributed by atoms with Gasteiger partial charge in [0.2, 0.25) is 0 Å². The highest BCUT2D eigenvalue weighted by Gasteiger charge is 2.24. The summed E-state index contributed by atoms with van der Waals surface area (Å²) >= 11 is 6.01. The molecule has 1 amide bonds. The van der Waals surface area contributed by atoms with E-state index in [2.05, 4.69) is 5.32 Å². The molecule has 1 aliphatic heterocycles. The first-order valence-corrected chi connectivity index (χ1v) is 6.96. The summed E-state index contributed by atoms with van der Waals surface area (Å²) < 4.78 is 0. The van der Waals surface area contributed by atoms with Crippen LogP contribution >= 0.6 is 11.6 Å². The number of anilines is 1. The third-order valence-electron chi connectivity index (χ3n) is 3.59. The minimum atomic E-state index is -0.143. The highest BCUT2D eigenvalue weighted by atomic mass is 35.5. The highest BCUT2D eigenvalue weighted by Crippen LogP contribution is 2.35. The van der Waals surface area contributed by atoms with Crippen LogP contribution < -0.4 is 5.32 Å². The number of hydrogen-bond donors (Lipinski definition) is 2. The number of carbonyl (C=O) groups excluding carboxylic acids is 1. The van der Waals surface area contributed by atoms with Gasteiger partial charge in [0.1, 0.15) is 5.75 Å². The molecule has 1 aliphatic rings. The molecule has 1 heterocycles. The van der Waals surface area contributed by atoms with E-state index in [1.807, 2.05) is 32.1 Å². The number of benzene rings is 2. The predicted molar refractivity (Wildman–Crippen MR) is 85.5 cm³/mol. The van der Waals surface area contributed by atoms with Crippen molar-refractivity contribution in [1.29, 1.82) is 0 Å². The fraction of sp³-hybridized carbons (Fsp3) is 0.118. The third-order valence-corrected chi connectivity index (χ3v) is 3.82. The van der Waals surface area contributed by atoms with Crippen molar-refractivity contribution in [3.8, 4) is 5.75 Å². The Bertz CT molecular complexity index is 770. The van der Waals surface area contributed by atoms with Crippen LogP contribution in [0.3, 0.4) is 0 Å². The van der Waals surface area contributed by atoms with Gasteiger partial charge in [0.25, 0.3) is 5.91 Å². The van der Waals surface area contributed by atoms with Gasteiger partial charge in [0.05, 0.1) is 0 Å². The van der Waals surface area contributed by atoms with Crippen LogP contribution in [0.15, 0.2) is 30.3 Å². The van der Waals surface area contributed by atoms with Crippen LogP contribution in [-0.4, -0.2) is 11.0 Å². The molecule has 21 heavy (non-hydrogen) atoms. The van der Waals surface area contributed by atoms with Crippen LogP contribution in [0.2, 0.25) is 5.02 Å². The second-order valence-electron chi connectivity index (χ2n) is 5.21. The highest BCUT2D eigenvalue weighted by molar-refractivity contribution is 6.36. The summed E-state index contributed by atoms with van der Waals surface area (Å²) in [5.41, 5.74) is 4.59. The molecule has 4 heteroatoms. The summed E-state index contributed by atoms with van der Waals surface area (Å²) in [6, 6.07) is 9.03. The average molecular weight is 300 g/mol. The quantitative estimate of drug-likeness (QED) is 0.777. The second kappa shape index (κ2) is 4.93. The summed E-state index contributed by atoms with van der Waals surface area (Å²) in [6.45, 7) is 3.67. The molecular weight excluding hydrogens is 286 g/mol. The van der Waals surface area contributed by atoms with Crippen molar-refractivity contribution in [1.82, 2.24) is 0 Å². The summed E-state index contributed by atoms with van der Waals surface area (Å²) in [7, 11) is 0. The monoisotopic (exact) mass is 299 g/mol. The molecule has 2 N–H and O–H groups in total. The van der Waals surface area contributed by atoms with Gasteiger partial charge in [0, 0.05) is 21.8 Å². The SMILES string of the molecule is Cc1cc(C=C2C(=O)Nc3ccc(Cl)cc32)cc(C)c1O. The zero-order valence-electron chi connectivity index (χ0n) is 11.7. The van der Waals surface area contributed by atoms with Crippen LogP contribution in [-0.2, 0) is 4.79 Å². The fourth-order valence-electron chi connectivity index (χ4n) is 2.54. The van der Waals surface area contributed by atoms with Gasteiger partial charge in [-0.2, -0.15) is 0 Å². The molecule has 0 radical (unpaired) electrons. The molecular formula is C17H14ClNO2. The topological polar surface area (TPSA) is 49.3 Å². The molecule has 3 nitrogen and oxygen atoms in total. The Morgan fingerprint density at radius 3 is 2.48 bits per heavy atom. The molecule has 0 aliphatic carbocycles. The Hall–Kier alpha value is -2.26. The van der Waals surface area contributed by atoms with Crippen molar-refractivity contribution in [2.45, 2.75) is 13.8 Å². The first-order chi connectivity index (χ1) is 9.95. The number of aryl methyl sites for hydroxylation is 2. The Kier molecular flexibility index (Phi) is 3.22. The maximum absolute atomic E-state index is 12.1. The van der Waals surface area contributed by atoms with Crippen molar-refractivity contribution in [2.75, 3.05) is 5.32 Å². The minimum absolute atomic E-state index is 0.143. The standard InChI is InChI=1S/C17H14ClNO2/c1-9-5-11(6-10(2)16(9)20)7-14-13-8-12(18)3-4-15(13)19-17(14)21/h3-8,20H,1-2H3,(H,19,21). The number of phenols is 1. The molecule has 0 fully saturated rings. The maximum atomic E-state index is 12.1. The lowest BCUT2D eigenvalue weighted by Crippen LogP contribution is -2.03. The van der Waals surface area contributed by atoms with E-state index in [4.69, 9.17) is 11.6 Å². The molecule has 0 saturated carbocycles. The molecule has 2 aromatic rings. The van der Waals surface area contributed by atoms with Gasteiger partial charge in [0.15, 0.2) is 0 Å². The molecule has 0 unspecified atom stereocenters. The molecule has 0 spiro atoms. The van der Waals surface area contributed by atoms with Crippen molar-refractivity contribution >= 4 is 34.8 Å². The normalized spacial score (nSPS) is 15.2. The zero-order chi connectivity index (χ0) is 15.1. The van der Waals surface area contributed by atoms with E-state index in [0.717, 1.165) is 27.9 Å². The van der Waals surface area contributed by atoms with Gasteiger partial charge < -0.3 is 10.4 Å². The van der Waals surface area contributed by atoms with Gasteiger partial charge >= 0.3 is 0 Å². The van der Waals surface area contributed by atoms with Crippen molar-refractivity contribution in [3.05, 3.63) is 57.6 Å². The number of carbonyl (C=O) groups is 1. The molecule has 2 aromatic carbocycles. The number of rotatable bonds is 1. The van der Waals surface area contributed by atoms with E-state index in [1.54, 1.807) is 18.2 Å². The lowest BCUT2D eigenvalue weighted by molar-refractivity contribution is -0.110. The largest absolute Gasteiger partial charge is 0.507 e. The summed E-state index contributed by atoms with van der Waals surface area (Å²) in [4.78, 5) is 12.1. The summed E-state index contributed by atoms with van der Waals surface area (Å²) in [5, 5.41) is 13.2. The van der Waals surface area contributed by atoms with Crippen LogP contribution in [0.4, 0.5) is 5.69 Å². The third kappa shape index (κ3) is 2.41. The summed E-state index contributed by atoms with van der Waals surface area (Å²) in [6.07, 6.45) is 1.82. The Morgan fingerprint density at radius 2 is 1.81 bits per heavy atom. The number of phenolic OH excluding ortho intramolecular Hbond substituents is 1. The predicted octanol–water partition coefficient (Wildman–Crippen LogP) is 4.16. The van der Waals surface area contributed by atoms with E-state index in [0.29, 0.717) is 10.6 Å². The fourth-order valence-corrected chi connectivity index (χ4v) is 2.72. The average Bonchev–Trinajstić information content (AvgIpc) is 2.72. The van der Waals surface area contributed by atoms with Gasteiger partial charge in [-0.25, -0.2) is 0 Å². The molecule has 0 aromatic heterocycles. The van der Waals surface area contributed by atoms with Crippen LogP contribution in [0, 0.1) is 13.8 Å². The lowest BCUT2D eigenvalue weighted by atomic mass is 10.0. The number of halogens is 1. The van der Waals surface area contributed by atoms with E-state index < -0.39 is 0 Å². The first kappa shape index (κ1) is 13.7. The van der Waals surface area contributed by atoms with Gasteiger partial charge in [-0.1, -0.05) is 11.6 Å².